The van der Waals surface area contributed by atoms with Crippen LogP contribution in [-0.4, -0.2) is 30.2 Å². The predicted octanol–water partition coefficient (Wildman–Crippen LogP) is 3.73. The SMILES string of the molecule is Cc1cc(OCC(=O)OCC(=O)N2c3ccccc3Sc3ccccc32)no1. The first-order chi connectivity index (χ1) is 13.6. The Morgan fingerprint density at radius 1 is 1.04 bits per heavy atom. The van der Waals surface area contributed by atoms with Gasteiger partial charge in [0.25, 0.3) is 11.8 Å². The Bertz CT molecular complexity index is 987. The fraction of sp³-hybridized carbons (Fsp3) is 0.150. The van der Waals surface area contributed by atoms with E-state index in [1.54, 1.807) is 29.7 Å². The van der Waals surface area contributed by atoms with Gasteiger partial charge in [0, 0.05) is 15.9 Å². The molecule has 2 heterocycles. The molecule has 2 aromatic carbocycles. The molecule has 4 rings (SSSR count). The van der Waals surface area contributed by atoms with Crippen LogP contribution in [-0.2, 0) is 14.3 Å². The van der Waals surface area contributed by atoms with Gasteiger partial charge < -0.3 is 14.0 Å². The minimum absolute atomic E-state index is 0.191. The lowest BCUT2D eigenvalue weighted by Gasteiger charge is -2.30. The van der Waals surface area contributed by atoms with Crippen molar-refractivity contribution in [3.05, 3.63) is 60.4 Å². The normalized spacial score (nSPS) is 12.1. The standard InChI is InChI=1S/C20H16N2O5S/c1-13-10-18(21-27-13)25-12-20(24)26-11-19(23)22-14-6-2-4-8-16(14)28-17-9-5-3-7-15(17)22/h2-10H,11-12H2,1H3. The number of anilines is 2. The molecule has 1 amide bonds. The number of benzene rings is 2. The van der Waals surface area contributed by atoms with Gasteiger partial charge in [-0.25, -0.2) is 4.79 Å². The topological polar surface area (TPSA) is 81.9 Å². The predicted molar refractivity (Wildman–Crippen MR) is 102 cm³/mol. The van der Waals surface area contributed by atoms with Crippen LogP contribution in [0.25, 0.3) is 0 Å². The molecule has 0 unspecified atom stereocenters. The highest BCUT2D eigenvalue weighted by Gasteiger charge is 2.28. The van der Waals surface area contributed by atoms with E-state index in [0.29, 0.717) is 5.76 Å². The van der Waals surface area contributed by atoms with Gasteiger partial charge in [0.2, 0.25) is 0 Å². The van der Waals surface area contributed by atoms with Crippen LogP contribution in [0.15, 0.2) is 68.9 Å². The van der Waals surface area contributed by atoms with Gasteiger partial charge in [-0.2, -0.15) is 0 Å². The highest BCUT2D eigenvalue weighted by molar-refractivity contribution is 7.99. The van der Waals surface area contributed by atoms with Crippen LogP contribution in [0.1, 0.15) is 5.76 Å². The molecule has 7 nitrogen and oxygen atoms in total. The summed E-state index contributed by atoms with van der Waals surface area (Å²) in [6.45, 7) is 0.957. The summed E-state index contributed by atoms with van der Waals surface area (Å²) < 4.78 is 15.1. The number of amides is 1. The van der Waals surface area contributed by atoms with Gasteiger partial charge in [-0.15, -0.1) is 0 Å². The summed E-state index contributed by atoms with van der Waals surface area (Å²) in [6.07, 6.45) is 0. The molecule has 0 aliphatic carbocycles. The molecule has 28 heavy (non-hydrogen) atoms. The maximum atomic E-state index is 12.9. The molecule has 0 radical (unpaired) electrons. The maximum Gasteiger partial charge on any atom is 0.344 e. The number of hydrogen-bond donors (Lipinski definition) is 0. The van der Waals surface area contributed by atoms with Crippen molar-refractivity contribution in [2.75, 3.05) is 18.1 Å². The molecule has 0 saturated heterocycles. The van der Waals surface area contributed by atoms with Gasteiger partial charge in [0.05, 0.1) is 11.4 Å². The number of nitrogens with zero attached hydrogens (tertiary/aromatic N) is 2. The zero-order valence-electron chi connectivity index (χ0n) is 15.0. The van der Waals surface area contributed by atoms with Crippen LogP contribution < -0.4 is 9.64 Å². The molecule has 0 fully saturated rings. The summed E-state index contributed by atoms with van der Waals surface area (Å²) in [6, 6.07) is 16.8. The third-order valence-electron chi connectivity index (χ3n) is 3.98. The minimum Gasteiger partial charge on any atom is -0.463 e. The van der Waals surface area contributed by atoms with Crippen molar-refractivity contribution in [3.63, 3.8) is 0 Å². The third-order valence-corrected chi connectivity index (χ3v) is 5.11. The molecule has 0 N–H and O–H groups in total. The molecular weight excluding hydrogens is 380 g/mol. The number of fused-ring (bicyclic) bond motifs is 2. The third kappa shape index (κ3) is 3.72. The number of rotatable bonds is 5. The molecule has 0 bridgehead atoms. The number of para-hydroxylation sites is 2. The van der Waals surface area contributed by atoms with Crippen LogP contribution in [0.4, 0.5) is 11.4 Å². The molecular formula is C20H16N2O5S. The summed E-state index contributed by atoms with van der Waals surface area (Å²) in [5, 5.41) is 3.62. The Morgan fingerprint density at radius 2 is 1.68 bits per heavy atom. The van der Waals surface area contributed by atoms with Gasteiger partial charge in [-0.1, -0.05) is 36.0 Å². The van der Waals surface area contributed by atoms with Crippen LogP contribution >= 0.6 is 11.8 Å². The van der Waals surface area contributed by atoms with Crippen molar-refractivity contribution in [2.45, 2.75) is 16.7 Å². The second kappa shape index (κ2) is 7.77. The largest absolute Gasteiger partial charge is 0.463 e. The van der Waals surface area contributed by atoms with E-state index in [-0.39, 0.29) is 18.4 Å². The molecule has 0 spiro atoms. The summed E-state index contributed by atoms with van der Waals surface area (Å²) in [7, 11) is 0. The first-order valence-corrected chi connectivity index (χ1v) is 9.34. The van der Waals surface area contributed by atoms with E-state index < -0.39 is 12.6 Å². The lowest BCUT2D eigenvalue weighted by Crippen LogP contribution is -2.33. The average molecular weight is 396 g/mol. The number of esters is 1. The number of aryl methyl sites for hydroxylation is 1. The molecule has 1 aromatic heterocycles. The van der Waals surface area contributed by atoms with Gasteiger partial charge in [0.1, 0.15) is 5.76 Å². The van der Waals surface area contributed by atoms with Crippen molar-refractivity contribution in [1.82, 2.24) is 5.16 Å². The van der Waals surface area contributed by atoms with E-state index in [4.69, 9.17) is 14.0 Å². The first kappa shape index (κ1) is 18.1. The van der Waals surface area contributed by atoms with Gasteiger partial charge in [-0.05, 0) is 36.3 Å². The summed E-state index contributed by atoms with van der Waals surface area (Å²) in [4.78, 5) is 28.3. The van der Waals surface area contributed by atoms with Crippen molar-refractivity contribution >= 4 is 35.0 Å². The van der Waals surface area contributed by atoms with E-state index in [1.807, 2.05) is 48.5 Å². The van der Waals surface area contributed by atoms with Crippen molar-refractivity contribution < 1.29 is 23.6 Å². The smallest absolute Gasteiger partial charge is 0.344 e. The number of carbonyl (C=O) groups is 2. The zero-order valence-corrected chi connectivity index (χ0v) is 15.8. The van der Waals surface area contributed by atoms with Crippen molar-refractivity contribution in [1.29, 1.82) is 0 Å². The Morgan fingerprint density at radius 3 is 2.29 bits per heavy atom. The minimum atomic E-state index is -0.665. The van der Waals surface area contributed by atoms with E-state index in [0.717, 1.165) is 21.2 Å². The van der Waals surface area contributed by atoms with Crippen LogP contribution in [0.3, 0.4) is 0 Å². The van der Waals surface area contributed by atoms with E-state index >= 15 is 0 Å². The number of ether oxygens (including phenoxy) is 2. The highest BCUT2D eigenvalue weighted by atomic mass is 32.2. The lowest BCUT2D eigenvalue weighted by molar-refractivity contribution is -0.149. The van der Waals surface area contributed by atoms with Gasteiger partial charge in [0.15, 0.2) is 13.2 Å². The van der Waals surface area contributed by atoms with Crippen LogP contribution in [0.2, 0.25) is 0 Å². The fourth-order valence-electron chi connectivity index (χ4n) is 2.77. The summed E-state index contributed by atoms with van der Waals surface area (Å²) >= 11 is 1.60. The molecule has 142 valence electrons. The average Bonchev–Trinajstić information content (AvgIpc) is 3.13. The van der Waals surface area contributed by atoms with E-state index in [9.17, 15) is 9.59 Å². The summed E-state index contributed by atoms with van der Waals surface area (Å²) in [5.41, 5.74) is 1.53. The molecule has 0 saturated carbocycles. The number of aromatic nitrogens is 1. The van der Waals surface area contributed by atoms with Crippen molar-refractivity contribution in [3.8, 4) is 5.88 Å². The monoisotopic (exact) mass is 396 g/mol. The second-order valence-electron chi connectivity index (χ2n) is 5.99. The Balaban J connectivity index is 1.44. The van der Waals surface area contributed by atoms with Crippen molar-refractivity contribution in [2.24, 2.45) is 0 Å². The van der Waals surface area contributed by atoms with E-state index in [2.05, 4.69) is 5.16 Å². The zero-order chi connectivity index (χ0) is 19.5. The first-order valence-electron chi connectivity index (χ1n) is 8.52. The molecule has 0 atom stereocenters. The van der Waals surface area contributed by atoms with Crippen LogP contribution in [0.5, 0.6) is 5.88 Å². The number of carbonyl (C=O) groups excluding carboxylic acids is 2. The second-order valence-corrected chi connectivity index (χ2v) is 7.08. The quantitative estimate of drug-likeness (QED) is 0.608. The Labute approximate surface area is 165 Å². The van der Waals surface area contributed by atoms with Crippen LogP contribution in [0, 0.1) is 6.92 Å². The molecule has 3 aromatic rings. The van der Waals surface area contributed by atoms with E-state index in [1.165, 1.54) is 0 Å². The molecule has 1 aliphatic rings. The van der Waals surface area contributed by atoms with Gasteiger partial charge >= 0.3 is 5.97 Å². The maximum absolute atomic E-state index is 12.9. The molecule has 1 aliphatic heterocycles. The van der Waals surface area contributed by atoms with Gasteiger partial charge in [-0.3, -0.25) is 9.69 Å². The Kier molecular flexibility index (Phi) is 5.03. The summed E-state index contributed by atoms with van der Waals surface area (Å²) in [5.74, 6) is -0.247. The lowest BCUT2D eigenvalue weighted by atomic mass is 10.2. The highest BCUT2D eigenvalue weighted by Crippen LogP contribution is 2.47. The fourth-order valence-corrected chi connectivity index (χ4v) is 3.82. The number of hydrogen-bond acceptors (Lipinski definition) is 7. The molecule has 8 heteroatoms. The Hall–Kier alpha value is -3.26.